The highest BCUT2D eigenvalue weighted by atomic mass is 19.4. The van der Waals surface area contributed by atoms with Gasteiger partial charge in [0.2, 0.25) is 5.67 Å². The number of hydrogen-bond acceptors (Lipinski definition) is 0. The molecule has 1 unspecified atom stereocenters. The fraction of sp³-hybridized carbons (Fsp3) is 0.500. The van der Waals surface area contributed by atoms with E-state index in [1.54, 1.807) is 19.1 Å². The maximum absolute atomic E-state index is 14.1. The van der Waals surface area contributed by atoms with E-state index in [4.69, 9.17) is 0 Å². The Morgan fingerprint density at radius 3 is 2.56 bits per heavy atom. The number of rotatable bonds is 0. The minimum Gasteiger partial charge on any atom is -0.229 e. The standard InChI is InChI=1S/C12H12F4/c1-8-4-5-9-3-2-6-11(13,10(9)7-8)12(14,15)16/h4-5,7H,2-3,6H2,1H3. The summed E-state index contributed by atoms with van der Waals surface area (Å²) in [4.78, 5) is 0. The van der Waals surface area contributed by atoms with Crippen molar-refractivity contribution < 1.29 is 17.6 Å². The topological polar surface area (TPSA) is 0 Å². The van der Waals surface area contributed by atoms with Crippen LogP contribution in [0.15, 0.2) is 18.2 Å². The lowest BCUT2D eigenvalue weighted by Gasteiger charge is -2.33. The smallest absolute Gasteiger partial charge is 0.229 e. The number of benzene rings is 1. The van der Waals surface area contributed by atoms with E-state index < -0.39 is 18.3 Å². The second-order valence-electron chi connectivity index (χ2n) is 4.31. The van der Waals surface area contributed by atoms with E-state index in [2.05, 4.69) is 0 Å². The van der Waals surface area contributed by atoms with Crippen LogP contribution in [0.5, 0.6) is 0 Å². The highest BCUT2D eigenvalue weighted by Crippen LogP contribution is 2.49. The lowest BCUT2D eigenvalue weighted by molar-refractivity contribution is -0.240. The summed E-state index contributed by atoms with van der Waals surface area (Å²) in [7, 11) is 0. The number of fused-ring (bicyclic) bond motifs is 1. The average molecular weight is 232 g/mol. The van der Waals surface area contributed by atoms with Gasteiger partial charge in [-0.2, -0.15) is 13.2 Å². The fourth-order valence-corrected chi connectivity index (χ4v) is 2.23. The lowest BCUT2D eigenvalue weighted by atomic mass is 9.79. The number of halogens is 4. The van der Waals surface area contributed by atoms with Crippen molar-refractivity contribution >= 4 is 0 Å². The summed E-state index contributed by atoms with van der Waals surface area (Å²) in [5.41, 5.74) is -2.21. The highest BCUT2D eigenvalue weighted by Gasteiger charge is 2.58. The molecular weight excluding hydrogens is 220 g/mol. The van der Waals surface area contributed by atoms with Crippen molar-refractivity contribution in [1.29, 1.82) is 0 Å². The third kappa shape index (κ3) is 1.60. The maximum Gasteiger partial charge on any atom is 0.426 e. The van der Waals surface area contributed by atoms with E-state index in [9.17, 15) is 17.6 Å². The fourth-order valence-electron chi connectivity index (χ4n) is 2.23. The molecule has 0 nitrogen and oxygen atoms in total. The molecule has 1 aliphatic rings. The third-order valence-corrected chi connectivity index (χ3v) is 3.11. The number of alkyl halides is 4. The van der Waals surface area contributed by atoms with Crippen molar-refractivity contribution in [3.8, 4) is 0 Å². The van der Waals surface area contributed by atoms with E-state index in [1.165, 1.54) is 6.07 Å². The quantitative estimate of drug-likeness (QED) is 0.592. The normalized spacial score (nSPS) is 25.3. The molecule has 0 radical (unpaired) electrons. The number of aryl methyl sites for hydroxylation is 2. The summed E-state index contributed by atoms with van der Waals surface area (Å²) in [5, 5.41) is 0. The molecule has 1 atom stereocenters. The second-order valence-corrected chi connectivity index (χ2v) is 4.31. The van der Waals surface area contributed by atoms with E-state index >= 15 is 0 Å². The van der Waals surface area contributed by atoms with Crippen molar-refractivity contribution in [3.05, 3.63) is 34.9 Å². The summed E-state index contributed by atoms with van der Waals surface area (Å²) in [6.07, 6.45) is -4.52. The summed E-state index contributed by atoms with van der Waals surface area (Å²) in [6, 6.07) is 4.65. The van der Waals surface area contributed by atoms with E-state index in [1.807, 2.05) is 0 Å². The molecule has 1 aromatic rings. The largest absolute Gasteiger partial charge is 0.426 e. The SMILES string of the molecule is Cc1ccc2c(c1)C(F)(C(F)(F)F)CCC2. The molecule has 0 aliphatic heterocycles. The summed E-state index contributed by atoms with van der Waals surface area (Å²) >= 11 is 0. The van der Waals surface area contributed by atoms with Gasteiger partial charge in [-0.05, 0) is 31.7 Å². The molecule has 0 spiro atoms. The predicted octanol–water partition coefficient (Wildman–Crippen LogP) is 4.06. The molecule has 0 saturated carbocycles. The Morgan fingerprint density at radius 1 is 1.25 bits per heavy atom. The third-order valence-electron chi connectivity index (χ3n) is 3.11. The molecule has 1 aromatic carbocycles. The van der Waals surface area contributed by atoms with Crippen LogP contribution in [0.2, 0.25) is 0 Å². The molecule has 0 bridgehead atoms. The first-order valence-corrected chi connectivity index (χ1v) is 5.20. The van der Waals surface area contributed by atoms with Gasteiger partial charge in [0.15, 0.2) is 0 Å². The molecule has 88 valence electrons. The molecular formula is C12H12F4. The van der Waals surface area contributed by atoms with Crippen LogP contribution in [0.1, 0.15) is 29.5 Å². The highest BCUT2D eigenvalue weighted by molar-refractivity contribution is 5.39. The van der Waals surface area contributed by atoms with Crippen LogP contribution < -0.4 is 0 Å². The molecule has 0 amide bonds. The Morgan fingerprint density at radius 2 is 1.94 bits per heavy atom. The van der Waals surface area contributed by atoms with Crippen LogP contribution in [0.4, 0.5) is 17.6 Å². The van der Waals surface area contributed by atoms with Gasteiger partial charge < -0.3 is 0 Å². The molecule has 0 N–H and O–H groups in total. The monoisotopic (exact) mass is 232 g/mol. The molecule has 0 heterocycles. The summed E-state index contributed by atoms with van der Waals surface area (Å²) < 4.78 is 52.4. The van der Waals surface area contributed by atoms with Gasteiger partial charge in [-0.25, -0.2) is 4.39 Å². The van der Waals surface area contributed by atoms with Crippen molar-refractivity contribution in [1.82, 2.24) is 0 Å². The maximum atomic E-state index is 14.1. The minimum absolute atomic E-state index is 0.189. The Hall–Kier alpha value is -1.06. The van der Waals surface area contributed by atoms with Crippen LogP contribution in [0.3, 0.4) is 0 Å². The molecule has 0 aromatic heterocycles. The Kier molecular flexibility index (Phi) is 2.48. The van der Waals surface area contributed by atoms with Gasteiger partial charge in [0, 0.05) is 5.56 Å². The molecule has 0 saturated heterocycles. The summed E-state index contributed by atoms with van der Waals surface area (Å²) in [5.74, 6) is 0. The lowest BCUT2D eigenvalue weighted by Crippen LogP contribution is -2.41. The van der Waals surface area contributed by atoms with Gasteiger partial charge in [-0.15, -0.1) is 0 Å². The van der Waals surface area contributed by atoms with Crippen LogP contribution in [-0.4, -0.2) is 6.18 Å². The van der Waals surface area contributed by atoms with E-state index in [0.29, 0.717) is 17.5 Å². The van der Waals surface area contributed by atoms with Crippen molar-refractivity contribution in [2.45, 2.75) is 38.0 Å². The van der Waals surface area contributed by atoms with E-state index in [0.717, 1.165) is 0 Å². The van der Waals surface area contributed by atoms with Gasteiger partial charge >= 0.3 is 6.18 Å². The molecule has 16 heavy (non-hydrogen) atoms. The Labute approximate surface area is 91.3 Å². The van der Waals surface area contributed by atoms with Gasteiger partial charge in [0.05, 0.1) is 0 Å². The molecule has 2 rings (SSSR count). The molecule has 4 heteroatoms. The number of hydrogen-bond donors (Lipinski definition) is 0. The Balaban J connectivity index is 2.59. The predicted molar refractivity (Wildman–Crippen MR) is 53.0 cm³/mol. The van der Waals surface area contributed by atoms with Gasteiger partial charge in [-0.1, -0.05) is 23.8 Å². The zero-order chi connectivity index (χ0) is 12.0. The van der Waals surface area contributed by atoms with Gasteiger partial charge in [-0.3, -0.25) is 0 Å². The van der Waals surface area contributed by atoms with Crippen LogP contribution >= 0.6 is 0 Å². The first-order valence-electron chi connectivity index (χ1n) is 5.20. The zero-order valence-corrected chi connectivity index (χ0v) is 8.87. The first kappa shape index (κ1) is 11.4. The van der Waals surface area contributed by atoms with Crippen molar-refractivity contribution in [2.24, 2.45) is 0 Å². The second kappa shape index (κ2) is 3.47. The first-order chi connectivity index (χ1) is 7.34. The van der Waals surface area contributed by atoms with Crippen LogP contribution in [-0.2, 0) is 12.1 Å². The molecule has 0 fully saturated rings. The van der Waals surface area contributed by atoms with Crippen molar-refractivity contribution in [2.75, 3.05) is 0 Å². The Bertz CT molecular complexity index is 408. The minimum atomic E-state index is -4.82. The van der Waals surface area contributed by atoms with Gasteiger partial charge in [0.1, 0.15) is 0 Å². The molecule has 1 aliphatic carbocycles. The van der Waals surface area contributed by atoms with E-state index in [-0.39, 0.29) is 12.0 Å². The van der Waals surface area contributed by atoms with Crippen molar-refractivity contribution in [3.63, 3.8) is 0 Å². The van der Waals surface area contributed by atoms with Crippen LogP contribution in [0.25, 0.3) is 0 Å². The van der Waals surface area contributed by atoms with Crippen LogP contribution in [0, 0.1) is 6.92 Å². The average Bonchev–Trinajstić information content (AvgIpc) is 2.18. The zero-order valence-electron chi connectivity index (χ0n) is 8.87. The summed E-state index contributed by atoms with van der Waals surface area (Å²) in [6.45, 7) is 1.67. The van der Waals surface area contributed by atoms with Gasteiger partial charge in [0.25, 0.3) is 0 Å².